The van der Waals surface area contributed by atoms with Gasteiger partial charge in [-0.3, -0.25) is 13.9 Å². The fourth-order valence-electron chi connectivity index (χ4n) is 4.48. The number of halogens is 2. The highest BCUT2D eigenvalue weighted by Crippen LogP contribution is 2.34. The van der Waals surface area contributed by atoms with Crippen molar-refractivity contribution in [3.05, 3.63) is 74.6 Å². The number of imidazole rings is 1. The minimum atomic E-state index is -1.01. The summed E-state index contributed by atoms with van der Waals surface area (Å²) in [6.45, 7) is 3.92. The van der Waals surface area contributed by atoms with E-state index >= 15 is 0 Å². The summed E-state index contributed by atoms with van der Waals surface area (Å²) < 4.78 is 37.9. The number of aliphatic hydroxyl groups is 1. The first-order chi connectivity index (χ1) is 18.3. The third-order valence-corrected chi connectivity index (χ3v) is 6.61. The lowest BCUT2D eigenvalue weighted by molar-refractivity contribution is 0.277. The van der Waals surface area contributed by atoms with Crippen LogP contribution in [0, 0.1) is 17.6 Å². The van der Waals surface area contributed by atoms with Crippen LogP contribution in [-0.2, 0) is 13.1 Å². The lowest BCUT2D eigenvalue weighted by Crippen LogP contribution is -2.41. The van der Waals surface area contributed by atoms with Gasteiger partial charge >= 0.3 is 5.69 Å². The van der Waals surface area contributed by atoms with E-state index in [1.54, 1.807) is 22.9 Å². The van der Waals surface area contributed by atoms with Gasteiger partial charge in [0.1, 0.15) is 5.82 Å². The van der Waals surface area contributed by atoms with Gasteiger partial charge in [-0.25, -0.2) is 23.5 Å². The van der Waals surface area contributed by atoms with Crippen molar-refractivity contribution in [2.24, 2.45) is 5.92 Å². The normalized spacial score (nSPS) is 13.5. The first-order valence-corrected chi connectivity index (χ1v) is 12.7. The predicted octanol–water partition coefficient (Wildman–Crippen LogP) is 3.50. The van der Waals surface area contributed by atoms with Crippen LogP contribution in [0.2, 0.25) is 0 Å². The molecule has 0 spiro atoms. The molecule has 1 aliphatic carbocycles. The van der Waals surface area contributed by atoms with Crippen molar-refractivity contribution in [3.63, 3.8) is 0 Å². The molecule has 0 saturated heterocycles. The summed E-state index contributed by atoms with van der Waals surface area (Å²) in [5, 5.41) is 9.35. The molecular weight excluding hydrogens is 496 g/mol. The molecule has 4 aromatic rings. The van der Waals surface area contributed by atoms with Gasteiger partial charge in [-0.15, -0.1) is 0 Å². The first kappa shape index (κ1) is 25.8. The van der Waals surface area contributed by atoms with E-state index in [1.807, 2.05) is 13.8 Å². The Kier molecular flexibility index (Phi) is 7.11. The molecule has 1 aromatic carbocycles. The van der Waals surface area contributed by atoms with Crippen LogP contribution in [-0.4, -0.2) is 42.0 Å². The van der Waals surface area contributed by atoms with Crippen molar-refractivity contribution in [2.75, 3.05) is 13.2 Å². The molecule has 1 saturated carbocycles. The molecule has 0 aliphatic heterocycles. The first-order valence-electron chi connectivity index (χ1n) is 12.7. The molecule has 0 bridgehead atoms. The average molecular weight is 526 g/mol. The molecule has 3 aromatic heterocycles. The van der Waals surface area contributed by atoms with Gasteiger partial charge in [-0.2, -0.15) is 0 Å². The molecule has 9 nitrogen and oxygen atoms in total. The number of aliphatic hydroxyl groups excluding tert-OH is 1. The number of ether oxygens (including phenoxy) is 1. The molecule has 0 atom stereocenters. The van der Waals surface area contributed by atoms with Crippen LogP contribution < -0.4 is 16.0 Å². The largest absolute Gasteiger partial charge is 0.477 e. The Balaban J connectivity index is 1.79. The highest BCUT2D eigenvalue weighted by Gasteiger charge is 2.27. The zero-order valence-electron chi connectivity index (χ0n) is 21.2. The Labute approximate surface area is 217 Å². The fraction of sp³-hybridized carbons (Fsp3) is 0.407. The van der Waals surface area contributed by atoms with E-state index in [4.69, 9.17) is 9.72 Å². The monoisotopic (exact) mass is 525 g/mol. The van der Waals surface area contributed by atoms with E-state index < -0.39 is 22.9 Å². The Bertz CT molecular complexity index is 1600. The Hall–Kier alpha value is -3.86. The van der Waals surface area contributed by atoms with E-state index in [1.165, 1.54) is 10.6 Å². The molecule has 200 valence electrons. The van der Waals surface area contributed by atoms with Crippen LogP contribution in [0.4, 0.5) is 8.78 Å². The maximum atomic E-state index is 14.1. The molecule has 11 heteroatoms. The van der Waals surface area contributed by atoms with Crippen molar-refractivity contribution in [3.8, 4) is 17.3 Å². The fourth-order valence-corrected chi connectivity index (χ4v) is 4.48. The second-order valence-corrected chi connectivity index (χ2v) is 9.83. The summed E-state index contributed by atoms with van der Waals surface area (Å²) in [7, 11) is 0. The Morgan fingerprint density at radius 1 is 1.13 bits per heavy atom. The lowest BCUT2D eigenvalue weighted by Gasteiger charge is -2.15. The number of nitrogens with zero attached hydrogens (tertiary/aromatic N) is 5. The number of aromatic nitrogens is 5. The van der Waals surface area contributed by atoms with E-state index in [0.29, 0.717) is 35.4 Å². The number of hydrogen-bond donors (Lipinski definition) is 1. The van der Waals surface area contributed by atoms with Gasteiger partial charge in [-0.1, -0.05) is 6.07 Å². The van der Waals surface area contributed by atoms with Crippen molar-refractivity contribution >= 4 is 11.2 Å². The maximum Gasteiger partial charge on any atom is 0.332 e. The van der Waals surface area contributed by atoms with Crippen molar-refractivity contribution < 1.29 is 18.6 Å². The second-order valence-electron chi connectivity index (χ2n) is 9.83. The summed E-state index contributed by atoms with van der Waals surface area (Å²) in [4.78, 5) is 36.3. The molecule has 1 aliphatic rings. The number of fused-ring (bicyclic) bond motifs is 1. The van der Waals surface area contributed by atoms with Gasteiger partial charge in [0.15, 0.2) is 22.8 Å². The molecule has 1 N–H and O–H groups in total. The van der Waals surface area contributed by atoms with Crippen molar-refractivity contribution in [2.45, 2.75) is 52.2 Å². The zero-order chi connectivity index (χ0) is 27.0. The molecule has 0 radical (unpaired) electrons. The molecule has 5 rings (SSSR count). The van der Waals surface area contributed by atoms with Crippen LogP contribution in [0.1, 0.15) is 44.7 Å². The van der Waals surface area contributed by atoms with Crippen LogP contribution in [0.5, 0.6) is 5.88 Å². The van der Waals surface area contributed by atoms with Gasteiger partial charge in [0.2, 0.25) is 5.88 Å². The van der Waals surface area contributed by atoms with Gasteiger partial charge in [0, 0.05) is 25.4 Å². The average Bonchev–Trinajstić information content (AvgIpc) is 3.65. The molecular formula is C27H29F2N5O4. The molecule has 0 unspecified atom stereocenters. The van der Waals surface area contributed by atoms with Crippen molar-refractivity contribution in [1.82, 2.24) is 23.7 Å². The summed E-state index contributed by atoms with van der Waals surface area (Å²) in [6, 6.07) is 6.67. The van der Waals surface area contributed by atoms with E-state index in [0.717, 1.165) is 29.5 Å². The number of rotatable bonds is 10. The standard InChI is InChI=1S/C27H29F2N5O4/c1-16(2)34-24-22(26(36)32(27(34)37)11-4-12-35)33(14-18-8-9-20(28)21(29)13-18)23(31-24)19-5-3-10-30-25(19)38-15-17-6-7-17/h3,5,8-10,13,16-17,35H,4,6-7,11-12,14-15H2,1-2H3. The van der Waals surface area contributed by atoms with Gasteiger partial charge in [0.25, 0.3) is 5.56 Å². The summed E-state index contributed by atoms with van der Waals surface area (Å²) >= 11 is 0. The summed E-state index contributed by atoms with van der Waals surface area (Å²) in [5.74, 6) is -0.874. The van der Waals surface area contributed by atoms with E-state index in [9.17, 15) is 23.5 Å². The van der Waals surface area contributed by atoms with Gasteiger partial charge in [-0.05, 0) is 68.9 Å². The summed E-state index contributed by atoms with van der Waals surface area (Å²) in [6.07, 6.45) is 3.99. The third kappa shape index (κ3) is 4.85. The Morgan fingerprint density at radius 3 is 2.61 bits per heavy atom. The zero-order valence-corrected chi connectivity index (χ0v) is 21.2. The maximum absolute atomic E-state index is 14.1. The van der Waals surface area contributed by atoms with E-state index in [-0.39, 0.29) is 43.3 Å². The quantitative estimate of drug-likeness (QED) is 0.340. The van der Waals surface area contributed by atoms with Crippen molar-refractivity contribution in [1.29, 1.82) is 0 Å². The molecule has 38 heavy (non-hydrogen) atoms. The smallest absolute Gasteiger partial charge is 0.332 e. The molecule has 0 amide bonds. The lowest BCUT2D eigenvalue weighted by atomic mass is 10.2. The predicted molar refractivity (Wildman–Crippen MR) is 137 cm³/mol. The highest BCUT2D eigenvalue weighted by atomic mass is 19.2. The number of hydrogen-bond acceptors (Lipinski definition) is 6. The van der Waals surface area contributed by atoms with E-state index in [2.05, 4.69) is 4.98 Å². The van der Waals surface area contributed by atoms with Crippen LogP contribution in [0.3, 0.4) is 0 Å². The molecule has 1 fully saturated rings. The minimum Gasteiger partial charge on any atom is -0.477 e. The van der Waals surface area contributed by atoms with Gasteiger partial charge < -0.3 is 14.4 Å². The highest BCUT2D eigenvalue weighted by molar-refractivity contribution is 5.78. The van der Waals surface area contributed by atoms with Crippen LogP contribution >= 0.6 is 0 Å². The van der Waals surface area contributed by atoms with Crippen LogP contribution in [0.25, 0.3) is 22.6 Å². The molecule has 3 heterocycles. The van der Waals surface area contributed by atoms with Crippen LogP contribution in [0.15, 0.2) is 46.1 Å². The SMILES string of the molecule is CC(C)n1c(=O)n(CCCO)c(=O)c2c1nc(-c1cccnc1OCC1CC1)n2Cc1ccc(F)c(F)c1. The topological polar surface area (TPSA) is 104 Å². The van der Waals surface area contributed by atoms with Gasteiger partial charge in [0.05, 0.1) is 18.7 Å². The second kappa shape index (κ2) is 10.5. The number of benzene rings is 1. The third-order valence-electron chi connectivity index (χ3n) is 6.61. The Morgan fingerprint density at radius 2 is 1.92 bits per heavy atom. The number of pyridine rings is 1. The summed E-state index contributed by atoms with van der Waals surface area (Å²) in [5.41, 5.74) is 0.0959. The minimum absolute atomic E-state index is 0.0190.